The summed E-state index contributed by atoms with van der Waals surface area (Å²) in [7, 11) is 0. The number of para-hydroxylation sites is 1. The molecule has 5 nitrogen and oxygen atoms in total. The first-order valence-electron chi connectivity index (χ1n) is 8.78. The summed E-state index contributed by atoms with van der Waals surface area (Å²) in [6.45, 7) is 4.22. The van der Waals surface area contributed by atoms with E-state index in [4.69, 9.17) is 13.6 Å². The van der Waals surface area contributed by atoms with E-state index in [0.29, 0.717) is 34.8 Å². The van der Waals surface area contributed by atoms with Gasteiger partial charge in [0.2, 0.25) is 5.88 Å². The third-order valence-electron chi connectivity index (χ3n) is 4.19. The third-order valence-corrected chi connectivity index (χ3v) is 4.19. The quantitative estimate of drug-likeness (QED) is 0.508. The van der Waals surface area contributed by atoms with Crippen LogP contribution in [-0.2, 0) is 0 Å². The molecule has 0 aliphatic carbocycles. The number of furan rings is 1. The largest absolute Gasteiger partial charge is 0.494 e. The summed E-state index contributed by atoms with van der Waals surface area (Å²) < 4.78 is 16.9. The number of hydrogen-bond acceptors (Lipinski definition) is 5. The molecule has 0 amide bonds. The molecule has 2 aromatic heterocycles. The second-order valence-electron chi connectivity index (χ2n) is 6.14. The van der Waals surface area contributed by atoms with Crippen molar-refractivity contribution in [1.82, 2.24) is 0 Å². The van der Waals surface area contributed by atoms with Crippen LogP contribution in [-0.4, -0.2) is 6.61 Å². The van der Waals surface area contributed by atoms with Gasteiger partial charge < -0.3 is 18.9 Å². The van der Waals surface area contributed by atoms with Crippen LogP contribution in [0.25, 0.3) is 22.1 Å². The number of hydrogen-bond donors (Lipinski definition) is 1. The zero-order valence-corrected chi connectivity index (χ0v) is 15.1. The molecule has 136 valence electrons. The van der Waals surface area contributed by atoms with E-state index in [9.17, 15) is 4.79 Å². The molecule has 0 aliphatic heterocycles. The molecule has 0 unspecified atom stereocenters. The molecule has 1 N–H and O–H groups in total. The van der Waals surface area contributed by atoms with Gasteiger partial charge in [-0.1, -0.05) is 30.3 Å². The Balaban J connectivity index is 1.94. The second-order valence-corrected chi connectivity index (χ2v) is 6.14. The van der Waals surface area contributed by atoms with Gasteiger partial charge in [0.15, 0.2) is 0 Å². The van der Waals surface area contributed by atoms with Crippen molar-refractivity contribution in [1.29, 1.82) is 0 Å². The maximum absolute atomic E-state index is 12.6. The number of benzene rings is 2. The standard InChI is InChI=1S/C22H19NO4/c1-3-25-17-11-7-8-15(13-17)19-20-18(12-14(2)26-22(20)24)27-21(19)23-16-9-5-4-6-10-16/h4-13,23H,3H2,1-2H3. The van der Waals surface area contributed by atoms with Crippen molar-refractivity contribution >= 4 is 22.5 Å². The fourth-order valence-corrected chi connectivity index (χ4v) is 3.09. The van der Waals surface area contributed by atoms with E-state index in [1.54, 1.807) is 13.0 Å². The maximum atomic E-state index is 12.6. The van der Waals surface area contributed by atoms with Gasteiger partial charge in [-0.15, -0.1) is 0 Å². The van der Waals surface area contributed by atoms with Crippen LogP contribution in [0.1, 0.15) is 12.7 Å². The lowest BCUT2D eigenvalue weighted by Crippen LogP contribution is -2.00. The Morgan fingerprint density at radius 1 is 1.00 bits per heavy atom. The molecule has 27 heavy (non-hydrogen) atoms. The lowest BCUT2D eigenvalue weighted by atomic mass is 10.0. The van der Waals surface area contributed by atoms with E-state index >= 15 is 0 Å². The van der Waals surface area contributed by atoms with Crippen LogP contribution < -0.4 is 15.7 Å². The Bertz CT molecular complexity index is 1140. The highest BCUT2D eigenvalue weighted by atomic mass is 16.5. The van der Waals surface area contributed by atoms with Crippen LogP contribution in [0.5, 0.6) is 5.75 Å². The van der Waals surface area contributed by atoms with Crippen molar-refractivity contribution in [3.05, 3.63) is 76.8 Å². The van der Waals surface area contributed by atoms with Gasteiger partial charge in [0.1, 0.15) is 22.5 Å². The molecule has 0 saturated heterocycles. The minimum absolute atomic E-state index is 0.410. The van der Waals surface area contributed by atoms with Gasteiger partial charge in [-0.2, -0.15) is 0 Å². The molecule has 0 spiro atoms. The van der Waals surface area contributed by atoms with E-state index in [1.807, 2.05) is 61.5 Å². The Hall–Kier alpha value is -3.47. The van der Waals surface area contributed by atoms with Crippen LogP contribution in [0, 0.1) is 6.92 Å². The first-order valence-corrected chi connectivity index (χ1v) is 8.78. The molecule has 0 bridgehead atoms. The first kappa shape index (κ1) is 17.0. The average molecular weight is 361 g/mol. The number of aryl methyl sites for hydroxylation is 1. The fourth-order valence-electron chi connectivity index (χ4n) is 3.09. The van der Waals surface area contributed by atoms with E-state index in [-0.39, 0.29) is 0 Å². The van der Waals surface area contributed by atoms with Crippen LogP contribution in [0.3, 0.4) is 0 Å². The van der Waals surface area contributed by atoms with Gasteiger partial charge in [0.25, 0.3) is 0 Å². The van der Waals surface area contributed by atoms with E-state index < -0.39 is 5.63 Å². The van der Waals surface area contributed by atoms with Crippen molar-refractivity contribution < 1.29 is 13.6 Å². The second kappa shape index (κ2) is 7.03. The zero-order valence-electron chi connectivity index (χ0n) is 15.1. The lowest BCUT2D eigenvalue weighted by Gasteiger charge is -2.08. The van der Waals surface area contributed by atoms with Crippen LogP contribution in [0.4, 0.5) is 11.6 Å². The first-order chi connectivity index (χ1) is 13.2. The molecular weight excluding hydrogens is 342 g/mol. The Morgan fingerprint density at radius 2 is 1.81 bits per heavy atom. The summed E-state index contributed by atoms with van der Waals surface area (Å²) in [6, 6.07) is 19.0. The highest BCUT2D eigenvalue weighted by Gasteiger charge is 2.21. The molecule has 5 heteroatoms. The van der Waals surface area contributed by atoms with E-state index in [2.05, 4.69) is 5.32 Å². The number of anilines is 2. The van der Waals surface area contributed by atoms with Gasteiger partial charge in [0.05, 0.1) is 12.2 Å². The predicted octanol–water partition coefficient (Wildman–Crippen LogP) is 5.50. The molecule has 2 aromatic carbocycles. The zero-order chi connectivity index (χ0) is 18.8. The van der Waals surface area contributed by atoms with Gasteiger partial charge in [-0.3, -0.25) is 0 Å². The summed E-state index contributed by atoms with van der Waals surface area (Å²) in [4.78, 5) is 12.6. The topological polar surface area (TPSA) is 64.6 Å². The Labute approximate surface area is 156 Å². The molecule has 0 fully saturated rings. The molecule has 4 rings (SSSR count). The molecular formula is C22H19NO4. The van der Waals surface area contributed by atoms with E-state index in [1.165, 1.54) is 0 Å². The number of nitrogens with one attached hydrogen (secondary N) is 1. The minimum Gasteiger partial charge on any atom is -0.494 e. The highest BCUT2D eigenvalue weighted by molar-refractivity contribution is 6.00. The summed E-state index contributed by atoms with van der Waals surface area (Å²) in [5.74, 6) is 1.72. The van der Waals surface area contributed by atoms with Gasteiger partial charge in [-0.25, -0.2) is 4.79 Å². The van der Waals surface area contributed by atoms with Crippen molar-refractivity contribution in [2.24, 2.45) is 0 Å². The van der Waals surface area contributed by atoms with Gasteiger partial charge in [0, 0.05) is 11.8 Å². The van der Waals surface area contributed by atoms with E-state index in [0.717, 1.165) is 17.0 Å². The molecule has 4 aromatic rings. The van der Waals surface area contributed by atoms with Gasteiger partial charge >= 0.3 is 5.63 Å². The molecule has 0 saturated carbocycles. The monoisotopic (exact) mass is 361 g/mol. The summed E-state index contributed by atoms with van der Waals surface area (Å²) in [6.07, 6.45) is 0. The lowest BCUT2D eigenvalue weighted by molar-refractivity contribution is 0.340. The fraction of sp³-hybridized carbons (Fsp3) is 0.136. The molecule has 0 aliphatic rings. The highest BCUT2D eigenvalue weighted by Crippen LogP contribution is 2.39. The average Bonchev–Trinajstić information content (AvgIpc) is 3.01. The Morgan fingerprint density at radius 3 is 2.59 bits per heavy atom. The molecule has 0 radical (unpaired) electrons. The summed E-state index contributed by atoms with van der Waals surface area (Å²) >= 11 is 0. The van der Waals surface area contributed by atoms with Crippen molar-refractivity contribution in [2.45, 2.75) is 13.8 Å². The summed E-state index contributed by atoms with van der Waals surface area (Å²) in [5.41, 5.74) is 2.39. The number of ether oxygens (including phenoxy) is 1. The molecule has 0 atom stereocenters. The number of fused-ring (bicyclic) bond motifs is 1. The molecule has 2 heterocycles. The van der Waals surface area contributed by atoms with Gasteiger partial charge in [-0.05, 0) is 43.7 Å². The van der Waals surface area contributed by atoms with Crippen LogP contribution in [0.2, 0.25) is 0 Å². The van der Waals surface area contributed by atoms with Crippen LogP contribution in [0.15, 0.2) is 74.3 Å². The van der Waals surface area contributed by atoms with Crippen molar-refractivity contribution in [2.75, 3.05) is 11.9 Å². The van der Waals surface area contributed by atoms with Crippen molar-refractivity contribution in [3.63, 3.8) is 0 Å². The Kier molecular flexibility index (Phi) is 4.42. The van der Waals surface area contributed by atoms with Crippen molar-refractivity contribution in [3.8, 4) is 16.9 Å². The SMILES string of the molecule is CCOc1cccc(-c2c(Nc3ccccc3)oc3cc(C)oc(=O)c23)c1. The maximum Gasteiger partial charge on any atom is 0.347 e. The van der Waals surface area contributed by atoms with Crippen LogP contribution >= 0.6 is 0 Å². The number of rotatable bonds is 5. The summed E-state index contributed by atoms with van der Waals surface area (Å²) in [5, 5.41) is 3.68. The smallest absolute Gasteiger partial charge is 0.347 e. The predicted molar refractivity (Wildman–Crippen MR) is 106 cm³/mol. The normalized spacial score (nSPS) is 10.9. The third kappa shape index (κ3) is 3.31. The minimum atomic E-state index is -0.424.